The SMILES string of the molecule is C=CC(=O)N1CCN(c2nc(=O)n(-c3c(C(C)C)ncnc3C(C)C)c3c2C=C(F)C(=C2C=CC=CC2=O)N3O)[C@@H](C)C1. The van der Waals surface area contributed by atoms with E-state index in [1.807, 2.05) is 39.5 Å². The Morgan fingerprint density at radius 1 is 1.09 bits per heavy atom. The lowest BCUT2D eigenvalue weighted by molar-refractivity contribution is -0.126. The number of anilines is 2. The molecule has 1 atom stereocenters. The van der Waals surface area contributed by atoms with Crippen molar-refractivity contribution < 1.29 is 19.2 Å². The first-order valence-corrected chi connectivity index (χ1v) is 14.2. The molecule has 3 aliphatic rings. The molecule has 0 radical (unpaired) electrons. The molecule has 4 heterocycles. The van der Waals surface area contributed by atoms with Crippen molar-refractivity contribution in [2.75, 3.05) is 29.6 Å². The highest BCUT2D eigenvalue weighted by Gasteiger charge is 2.38. The van der Waals surface area contributed by atoms with Crippen LogP contribution in [0.25, 0.3) is 11.8 Å². The topological polar surface area (TPSA) is 125 Å². The summed E-state index contributed by atoms with van der Waals surface area (Å²) in [7, 11) is 0. The van der Waals surface area contributed by atoms with Gasteiger partial charge in [0, 0.05) is 25.7 Å². The van der Waals surface area contributed by atoms with Gasteiger partial charge in [-0.3, -0.25) is 14.8 Å². The van der Waals surface area contributed by atoms with Crippen LogP contribution in [0.2, 0.25) is 0 Å². The van der Waals surface area contributed by atoms with Gasteiger partial charge in [-0.1, -0.05) is 46.4 Å². The molecule has 0 spiro atoms. The van der Waals surface area contributed by atoms with Gasteiger partial charge in [-0.15, -0.1) is 0 Å². The summed E-state index contributed by atoms with van der Waals surface area (Å²) in [6, 6.07) is -0.307. The van der Waals surface area contributed by atoms with E-state index in [4.69, 9.17) is 0 Å². The van der Waals surface area contributed by atoms with Crippen molar-refractivity contribution >= 4 is 29.4 Å². The molecule has 0 bridgehead atoms. The zero-order chi connectivity index (χ0) is 31.2. The molecular formula is C31H34FN7O4. The lowest BCUT2D eigenvalue weighted by Crippen LogP contribution is -2.54. The van der Waals surface area contributed by atoms with Crippen LogP contribution in [0.4, 0.5) is 16.0 Å². The normalized spacial score (nSPS) is 20.2. The maximum atomic E-state index is 16.0. The number of fused-ring (bicyclic) bond motifs is 1. The van der Waals surface area contributed by atoms with Crippen LogP contribution in [0.1, 0.15) is 63.4 Å². The molecule has 1 amide bonds. The van der Waals surface area contributed by atoms with Crippen molar-refractivity contribution in [3.63, 3.8) is 0 Å². The number of hydroxylamine groups is 1. The molecule has 5 rings (SSSR count). The molecule has 2 aromatic heterocycles. The van der Waals surface area contributed by atoms with Crippen LogP contribution in [-0.2, 0) is 9.59 Å². The Bertz CT molecular complexity index is 1680. The zero-order valence-corrected chi connectivity index (χ0v) is 24.8. The van der Waals surface area contributed by atoms with Gasteiger partial charge in [0.2, 0.25) is 5.91 Å². The van der Waals surface area contributed by atoms with E-state index in [1.54, 1.807) is 11.0 Å². The minimum absolute atomic E-state index is 0.0795. The molecule has 2 aromatic rings. The fourth-order valence-electron chi connectivity index (χ4n) is 5.66. The molecule has 1 aliphatic carbocycles. The van der Waals surface area contributed by atoms with Gasteiger partial charge in [0.1, 0.15) is 17.8 Å². The van der Waals surface area contributed by atoms with E-state index in [2.05, 4.69) is 21.5 Å². The number of piperazine rings is 1. The Morgan fingerprint density at radius 3 is 2.33 bits per heavy atom. The number of amides is 1. The third-order valence-electron chi connectivity index (χ3n) is 7.72. The largest absolute Gasteiger partial charge is 0.355 e. The second-order valence-electron chi connectivity index (χ2n) is 11.3. The number of hydrogen-bond acceptors (Lipinski definition) is 9. The maximum absolute atomic E-state index is 16.0. The smallest absolute Gasteiger partial charge is 0.350 e. The average molecular weight is 588 g/mol. The van der Waals surface area contributed by atoms with Crippen molar-refractivity contribution in [3.8, 4) is 5.69 Å². The third-order valence-corrected chi connectivity index (χ3v) is 7.72. The van der Waals surface area contributed by atoms with Crippen molar-refractivity contribution in [2.24, 2.45) is 0 Å². The summed E-state index contributed by atoms with van der Waals surface area (Å²) in [6.45, 7) is 14.0. The van der Waals surface area contributed by atoms with Gasteiger partial charge in [0.15, 0.2) is 17.4 Å². The minimum atomic E-state index is -0.878. The van der Waals surface area contributed by atoms with E-state index in [-0.39, 0.29) is 46.6 Å². The quantitative estimate of drug-likeness (QED) is 0.518. The monoisotopic (exact) mass is 587 g/mol. The molecule has 43 heavy (non-hydrogen) atoms. The molecule has 1 saturated heterocycles. The van der Waals surface area contributed by atoms with Crippen molar-refractivity contribution in [1.82, 2.24) is 24.4 Å². The van der Waals surface area contributed by atoms with Crippen LogP contribution < -0.4 is 15.7 Å². The van der Waals surface area contributed by atoms with Crippen molar-refractivity contribution in [2.45, 2.75) is 52.5 Å². The molecule has 0 aromatic carbocycles. The summed E-state index contributed by atoms with van der Waals surface area (Å²) in [5, 5.41) is 12.3. The van der Waals surface area contributed by atoms with Gasteiger partial charge in [-0.05, 0) is 43.1 Å². The number of ketones is 1. The molecule has 224 valence electrons. The number of carbonyl (C=O) groups excluding carboxylic acids is 2. The Labute approximate surface area is 248 Å². The van der Waals surface area contributed by atoms with E-state index in [9.17, 15) is 19.6 Å². The molecule has 0 unspecified atom stereocenters. The summed E-state index contributed by atoms with van der Waals surface area (Å²) in [5.74, 6) is -1.85. The fraction of sp³-hybridized carbons (Fsp3) is 0.355. The molecule has 0 saturated carbocycles. The maximum Gasteiger partial charge on any atom is 0.355 e. The van der Waals surface area contributed by atoms with Crippen LogP contribution >= 0.6 is 0 Å². The Kier molecular flexibility index (Phi) is 7.98. The zero-order valence-electron chi connectivity index (χ0n) is 24.8. The number of aromatic nitrogens is 4. The van der Waals surface area contributed by atoms with E-state index < -0.39 is 23.0 Å². The standard InChI is InChI=1S/C31H34FN7O4/c1-7-24(41)36-12-13-37(19(6)15-36)29-21-14-22(32)27(20-10-8-9-11-23(20)40)39(43)30(21)38(31(42)35-29)28-25(17(2)3)33-16-34-26(28)18(4)5/h7-11,14,16-19,43H,1,12-13,15H2,2-6H3/t19-/m0/s1. The number of nitrogens with zero attached hydrogens (tertiary/aromatic N) is 7. The van der Waals surface area contributed by atoms with Gasteiger partial charge in [0.25, 0.3) is 0 Å². The fourth-order valence-corrected chi connectivity index (χ4v) is 5.66. The van der Waals surface area contributed by atoms with E-state index >= 15 is 4.39 Å². The van der Waals surface area contributed by atoms with Gasteiger partial charge in [0.05, 0.1) is 28.2 Å². The number of allylic oxidation sites excluding steroid dienone is 6. The Hall–Kier alpha value is -4.71. The molecular weight excluding hydrogens is 553 g/mol. The van der Waals surface area contributed by atoms with Crippen LogP contribution in [0, 0.1) is 0 Å². The first-order valence-electron chi connectivity index (χ1n) is 14.2. The summed E-state index contributed by atoms with van der Waals surface area (Å²) >= 11 is 0. The van der Waals surface area contributed by atoms with E-state index in [0.717, 1.165) is 0 Å². The number of rotatable bonds is 5. The highest BCUT2D eigenvalue weighted by atomic mass is 19.1. The molecule has 12 heteroatoms. The van der Waals surface area contributed by atoms with Crippen LogP contribution in [-0.4, -0.2) is 67.0 Å². The Morgan fingerprint density at radius 2 is 1.74 bits per heavy atom. The third kappa shape index (κ3) is 5.11. The first kappa shape index (κ1) is 29.8. The summed E-state index contributed by atoms with van der Waals surface area (Å²) in [4.78, 5) is 56.1. The van der Waals surface area contributed by atoms with Crippen molar-refractivity contribution in [1.29, 1.82) is 0 Å². The van der Waals surface area contributed by atoms with Gasteiger partial charge < -0.3 is 9.80 Å². The van der Waals surface area contributed by atoms with Gasteiger partial charge >= 0.3 is 5.69 Å². The summed E-state index contributed by atoms with van der Waals surface area (Å²) < 4.78 is 17.2. The Balaban J connectivity index is 1.83. The predicted octanol–water partition coefficient (Wildman–Crippen LogP) is 3.96. The highest BCUT2D eigenvalue weighted by molar-refractivity contribution is 6.09. The van der Waals surface area contributed by atoms with Gasteiger partial charge in [-0.25, -0.2) is 28.8 Å². The van der Waals surface area contributed by atoms with Crippen LogP contribution in [0.3, 0.4) is 0 Å². The van der Waals surface area contributed by atoms with Crippen molar-refractivity contribution in [3.05, 3.63) is 87.8 Å². The first-order chi connectivity index (χ1) is 20.5. The average Bonchev–Trinajstić information content (AvgIpc) is 2.97. The lowest BCUT2D eigenvalue weighted by atomic mass is 9.98. The second-order valence-corrected chi connectivity index (χ2v) is 11.3. The van der Waals surface area contributed by atoms with E-state index in [0.29, 0.717) is 41.8 Å². The predicted molar refractivity (Wildman–Crippen MR) is 161 cm³/mol. The van der Waals surface area contributed by atoms with Gasteiger partial charge in [-0.2, -0.15) is 4.98 Å². The molecule has 1 fully saturated rings. The number of carbonyl (C=O) groups is 2. The number of hydrogen-bond donors (Lipinski definition) is 1. The lowest BCUT2D eigenvalue weighted by Gasteiger charge is -2.41. The second kappa shape index (κ2) is 11.5. The molecule has 11 nitrogen and oxygen atoms in total. The summed E-state index contributed by atoms with van der Waals surface area (Å²) in [5.41, 5.74) is 0.333. The van der Waals surface area contributed by atoms with E-state index in [1.165, 1.54) is 41.3 Å². The highest BCUT2D eigenvalue weighted by Crippen LogP contribution is 2.42. The molecule has 2 aliphatic heterocycles. The minimum Gasteiger partial charge on any atom is -0.350 e. The van der Waals surface area contributed by atoms with Crippen LogP contribution in [0.5, 0.6) is 0 Å². The van der Waals surface area contributed by atoms with Crippen LogP contribution in [0.15, 0.2) is 65.2 Å². The molecule has 1 N–H and O–H groups in total. The number of halogens is 1. The summed E-state index contributed by atoms with van der Waals surface area (Å²) in [6.07, 6.45) is 9.63.